The lowest BCUT2D eigenvalue weighted by Crippen LogP contribution is -2.09. The maximum Gasteiger partial charge on any atom is 0.335 e. The molecule has 1 aromatic heterocycles. The number of aryl methyl sites for hydroxylation is 2. The number of rotatable bonds is 6. The van der Waals surface area contributed by atoms with Crippen LogP contribution in [0.3, 0.4) is 0 Å². The molecule has 0 spiro atoms. The molecule has 0 unspecified atom stereocenters. The Bertz CT molecular complexity index is 572. The van der Waals surface area contributed by atoms with E-state index in [9.17, 15) is 0 Å². The minimum absolute atomic E-state index is 0.341. The van der Waals surface area contributed by atoms with E-state index in [-0.39, 0.29) is 0 Å². The van der Waals surface area contributed by atoms with Crippen LogP contribution >= 0.6 is 0 Å². The second-order valence-corrected chi connectivity index (χ2v) is 4.49. The van der Waals surface area contributed by atoms with Crippen LogP contribution in [0.1, 0.15) is 30.8 Å². The van der Waals surface area contributed by atoms with E-state index < -0.39 is 0 Å². The fraction of sp³-hybridized carbons (Fsp3) is 0.400. The Morgan fingerprint density at radius 1 is 1.05 bits per heavy atom. The molecule has 1 heterocycles. The van der Waals surface area contributed by atoms with Crippen molar-refractivity contribution in [2.75, 3.05) is 12.3 Å². The average Bonchev–Trinajstić information content (AvgIpc) is 2.49. The predicted octanol–water partition coefficient (Wildman–Crippen LogP) is 2.20. The van der Waals surface area contributed by atoms with Gasteiger partial charge in [0.05, 0.1) is 18.0 Å². The number of ether oxygens (including phenoxy) is 1. The van der Waals surface area contributed by atoms with Gasteiger partial charge in [-0.3, -0.25) is 0 Å². The van der Waals surface area contributed by atoms with Crippen LogP contribution in [0.4, 0.5) is 5.69 Å². The molecule has 0 saturated carbocycles. The van der Waals surface area contributed by atoms with Crippen LogP contribution in [-0.4, -0.2) is 21.8 Å². The van der Waals surface area contributed by atoms with Crippen molar-refractivity contribution in [3.63, 3.8) is 0 Å². The zero-order valence-electron chi connectivity index (χ0n) is 12.0. The van der Waals surface area contributed by atoms with E-state index in [0.29, 0.717) is 12.6 Å². The monoisotopic (exact) mass is 272 g/mol. The number of nitrogens with zero attached hydrogens (tertiary/aromatic N) is 3. The summed E-state index contributed by atoms with van der Waals surface area (Å²) in [5, 5.41) is 8.15. The number of benzene rings is 1. The summed E-state index contributed by atoms with van der Waals surface area (Å²) >= 11 is 0. The molecule has 106 valence electrons. The highest BCUT2D eigenvalue weighted by atomic mass is 16.5. The van der Waals surface area contributed by atoms with Gasteiger partial charge in [-0.1, -0.05) is 37.1 Å². The summed E-state index contributed by atoms with van der Waals surface area (Å²) in [5.74, 6) is 0. The molecule has 20 heavy (non-hydrogen) atoms. The second kappa shape index (κ2) is 6.84. The van der Waals surface area contributed by atoms with Gasteiger partial charge in [0, 0.05) is 12.1 Å². The lowest BCUT2D eigenvalue weighted by molar-refractivity contribution is 0.290. The molecule has 0 aliphatic rings. The van der Waals surface area contributed by atoms with Crippen LogP contribution in [0, 0.1) is 0 Å². The fourth-order valence-corrected chi connectivity index (χ4v) is 2.00. The van der Waals surface area contributed by atoms with Crippen molar-refractivity contribution >= 4 is 5.69 Å². The number of nitrogens with two attached hydrogens (primary N) is 1. The molecule has 0 saturated heterocycles. The van der Waals surface area contributed by atoms with Crippen LogP contribution < -0.4 is 10.5 Å². The zero-order chi connectivity index (χ0) is 14.4. The van der Waals surface area contributed by atoms with E-state index in [1.165, 1.54) is 0 Å². The molecule has 2 aromatic rings. The van der Waals surface area contributed by atoms with Crippen molar-refractivity contribution in [1.82, 2.24) is 15.2 Å². The third kappa shape index (κ3) is 3.44. The molecule has 5 nitrogen and oxygen atoms in total. The first-order chi connectivity index (χ1) is 9.74. The average molecular weight is 272 g/mol. The van der Waals surface area contributed by atoms with Gasteiger partial charge in [-0.15, -0.1) is 5.10 Å². The van der Waals surface area contributed by atoms with E-state index in [2.05, 4.69) is 22.1 Å². The standard InChI is InChI=1S/C15H20N4O/c1-3-13-14(4-2)18-19-15(17-13)20-10-9-11-7-5-6-8-12(11)16/h5-8H,3-4,9-10,16H2,1-2H3. The van der Waals surface area contributed by atoms with Gasteiger partial charge in [-0.05, 0) is 24.5 Å². The van der Waals surface area contributed by atoms with Gasteiger partial charge in [-0.25, -0.2) is 0 Å². The molecule has 2 N–H and O–H groups in total. The van der Waals surface area contributed by atoms with Crippen LogP contribution in [0.2, 0.25) is 0 Å². The molecule has 2 rings (SSSR count). The number of anilines is 1. The normalized spacial score (nSPS) is 10.5. The Morgan fingerprint density at radius 2 is 1.80 bits per heavy atom. The number of para-hydroxylation sites is 1. The van der Waals surface area contributed by atoms with Gasteiger partial charge < -0.3 is 10.5 Å². The minimum Gasteiger partial charge on any atom is -0.462 e. The van der Waals surface area contributed by atoms with Gasteiger partial charge in [0.25, 0.3) is 0 Å². The van der Waals surface area contributed by atoms with Gasteiger partial charge in [0.15, 0.2) is 0 Å². The summed E-state index contributed by atoms with van der Waals surface area (Å²) in [4.78, 5) is 4.39. The van der Waals surface area contributed by atoms with Crippen molar-refractivity contribution in [2.24, 2.45) is 0 Å². The first-order valence-electron chi connectivity index (χ1n) is 6.93. The number of aromatic nitrogens is 3. The van der Waals surface area contributed by atoms with Crippen LogP contribution in [0.25, 0.3) is 0 Å². The highest BCUT2D eigenvalue weighted by molar-refractivity contribution is 5.46. The maximum absolute atomic E-state index is 5.88. The molecule has 5 heteroatoms. The Balaban J connectivity index is 1.96. The molecule has 0 atom stereocenters. The molecular formula is C15H20N4O. The van der Waals surface area contributed by atoms with E-state index in [4.69, 9.17) is 10.5 Å². The van der Waals surface area contributed by atoms with E-state index in [1.807, 2.05) is 31.2 Å². The zero-order valence-corrected chi connectivity index (χ0v) is 12.0. The summed E-state index contributed by atoms with van der Waals surface area (Å²) in [6.07, 6.45) is 2.40. The van der Waals surface area contributed by atoms with Crippen LogP contribution in [0.5, 0.6) is 6.01 Å². The van der Waals surface area contributed by atoms with E-state index in [0.717, 1.165) is 41.9 Å². The van der Waals surface area contributed by atoms with Gasteiger partial charge in [-0.2, -0.15) is 4.98 Å². The SMILES string of the molecule is CCc1nnc(OCCc2ccccc2N)nc1CC. The number of nitrogen functional groups attached to an aromatic ring is 1. The summed E-state index contributed by atoms with van der Waals surface area (Å²) < 4.78 is 5.57. The fourth-order valence-electron chi connectivity index (χ4n) is 2.00. The van der Waals surface area contributed by atoms with Crippen molar-refractivity contribution in [2.45, 2.75) is 33.1 Å². The van der Waals surface area contributed by atoms with Crippen LogP contribution in [-0.2, 0) is 19.3 Å². The first kappa shape index (κ1) is 14.2. The van der Waals surface area contributed by atoms with Gasteiger partial charge >= 0.3 is 6.01 Å². The summed E-state index contributed by atoms with van der Waals surface area (Å²) in [6, 6.07) is 8.11. The Kier molecular flexibility index (Phi) is 4.87. The molecule has 0 radical (unpaired) electrons. The quantitative estimate of drug-likeness (QED) is 0.816. The maximum atomic E-state index is 5.88. The molecule has 0 bridgehead atoms. The molecule has 0 aliphatic carbocycles. The van der Waals surface area contributed by atoms with Crippen molar-refractivity contribution in [1.29, 1.82) is 0 Å². The molecule has 0 amide bonds. The lowest BCUT2D eigenvalue weighted by atomic mass is 10.1. The molecule has 0 fully saturated rings. The van der Waals surface area contributed by atoms with Gasteiger partial charge in [0.2, 0.25) is 0 Å². The Labute approximate surface area is 119 Å². The number of hydrogen-bond donors (Lipinski definition) is 1. The van der Waals surface area contributed by atoms with Crippen molar-refractivity contribution in [3.8, 4) is 6.01 Å². The third-order valence-corrected chi connectivity index (χ3v) is 3.15. The third-order valence-electron chi connectivity index (χ3n) is 3.15. The smallest absolute Gasteiger partial charge is 0.335 e. The van der Waals surface area contributed by atoms with E-state index >= 15 is 0 Å². The minimum atomic E-state index is 0.341. The predicted molar refractivity (Wildman–Crippen MR) is 78.6 cm³/mol. The largest absolute Gasteiger partial charge is 0.462 e. The van der Waals surface area contributed by atoms with Gasteiger partial charge in [0.1, 0.15) is 0 Å². The number of hydrogen-bond acceptors (Lipinski definition) is 5. The molecule has 1 aromatic carbocycles. The highest BCUT2D eigenvalue weighted by Crippen LogP contribution is 2.12. The Morgan fingerprint density at radius 3 is 2.50 bits per heavy atom. The topological polar surface area (TPSA) is 73.9 Å². The lowest BCUT2D eigenvalue weighted by Gasteiger charge is -2.08. The molecule has 0 aliphatic heterocycles. The van der Waals surface area contributed by atoms with Crippen LogP contribution in [0.15, 0.2) is 24.3 Å². The summed E-state index contributed by atoms with van der Waals surface area (Å²) in [5.41, 5.74) is 9.63. The van der Waals surface area contributed by atoms with E-state index in [1.54, 1.807) is 0 Å². The van der Waals surface area contributed by atoms with Crippen molar-refractivity contribution < 1.29 is 4.74 Å². The second-order valence-electron chi connectivity index (χ2n) is 4.49. The highest BCUT2D eigenvalue weighted by Gasteiger charge is 2.07. The Hall–Kier alpha value is -2.17. The summed E-state index contributed by atoms with van der Waals surface area (Å²) in [6.45, 7) is 4.59. The van der Waals surface area contributed by atoms with Crippen molar-refractivity contribution in [3.05, 3.63) is 41.2 Å². The molecular weight excluding hydrogens is 252 g/mol. The first-order valence-corrected chi connectivity index (χ1v) is 6.93. The summed E-state index contributed by atoms with van der Waals surface area (Å²) in [7, 11) is 0.